The quantitative estimate of drug-likeness (QED) is 0.900. The van der Waals surface area contributed by atoms with Crippen LogP contribution >= 0.6 is 11.3 Å². The maximum absolute atomic E-state index is 4.32. The number of rotatable bonds is 4. The number of nitrogens with one attached hydrogen (secondary N) is 1. The number of hydrogen-bond acceptors (Lipinski definition) is 3. The van der Waals surface area contributed by atoms with Crippen LogP contribution in [0, 0.1) is 0 Å². The lowest BCUT2D eigenvalue weighted by molar-refractivity contribution is 0.764. The maximum Gasteiger partial charge on any atom is 0.203 e. The number of hydrogen-bond donors (Lipinski definition) is 1. The molecule has 90 valence electrons. The molecule has 2 aromatic heterocycles. The number of imidazole rings is 1. The van der Waals surface area contributed by atoms with E-state index in [0.29, 0.717) is 0 Å². The normalized spacial score (nSPS) is 13.9. The molecule has 1 aliphatic rings. The van der Waals surface area contributed by atoms with Crippen LogP contribution in [-0.2, 0) is 25.9 Å². The van der Waals surface area contributed by atoms with Crippen molar-refractivity contribution in [2.45, 2.75) is 39.3 Å². The van der Waals surface area contributed by atoms with E-state index < -0.39 is 0 Å². The molecule has 0 saturated heterocycles. The van der Waals surface area contributed by atoms with E-state index in [0.717, 1.165) is 19.0 Å². The molecule has 0 atom stereocenters. The molecule has 0 radical (unpaired) electrons. The Balaban J connectivity index is 1.67. The number of aryl methyl sites for hydroxylation is 3. The summed E-state index contributed by atoms with van der Waals surface area (Å²) in [6.45, 7) is 3.99. The van der Waals surface area contributed by atoms with E-state index >= 15 is 0 Å². The van der Waals surface area contributed by atoms with Crippen molar-refractivity contribution in [3.05, 3.63) is 33.8 Å². The number of aromatic nitrogens is 2. The van der Waals surface area contributed by atoms with Gasteiger partial charge in [-0.15, -0.1) is 11.3 Å². The number of thiophene rings is 1. The molecule has 3 rings (SSSR count). The number of fused-ring (bicyclic) bond motifs is 1. The van der Waals surface area contributed by atoms with Gasteiger partial charge in [-0.3, -0.25) is 0 Å². The average Bonchev–Trinajstić information content (AvgIpc) is 3.00. The van der Waals surface area contributed by atoms with Crippen LogP contribution in [0.15, 0.2) is 18.5 Å². The van der Waals surface area contributed by atoms with Crippen LogP contribution in [-0.4, -0.2) is 9.55 Å². The molecule has 0 saturated carbocycles. The highest BCUT2D eigenvalue weighted by Crippen LogP contribution is 2.30. The molecule has 4 heteroatoms. The van der Waals surface area contributed by atoms with E-state index in [4.69, 9.17) is 0 Å². The summed E-state index contributed by atoms with van der Waals surface area (Å²) in [5.41, 5.74) is 1.57. The van der Waals surface area contributed by atoms with Gasteiger partial charge in [0.25, 0.3) is 0 Å². The Morgan fingerprint density at radius 2 is 2.41 bits per heavy atom. The molecule has 0 fully saturated rings. The van der Waals surface area contributed by atoms with Crippen molar-refractivity contribution in [2.24, 2.45) is 0 Å². The zero-order valence-electron chi connectivity index (χ0n) is 10.1. The topological polar surface area (TPSA) is 29.9 Å². The minimum Gasteiger partial charge on any atom is -0.351 e. The van der Waals surface area contributed by atoms with E-state index in [-0.39, 0.29) is 0 Å². The smallest absolute Gasteiger partial charge is 0.203 e. The SMILES string of the molecule is CCn1ccnc1NCc1cc2c(s1)CCC2. The highest BCUT2D eigenvalue weighted by molar-refractivity contribution is 7.12. The van der Waals surface area contributed by atoms with Crippen molar-refractivity contribution in [3.8, 4) is 0 Å². The summed E-state index contributed by atoms with van der Waals surface area (Å²) in [6, 6.07) is 2.36. The standard InChI is InChI=1S/C13H17N3S/c1-2-16-7-6-14-13(16)15-9-11-8-10-4-3-5-12(10)17-11/h6-8H,2-5,9H2,1H3,(H,14,15). The van der Waals surface area contributed by atoms with Gasteiger partial charge in [0.15, 0.2) is 0 Å². The molecule has 3 nitrogen and oxygen atoms in total. The third-order valence-corrected chi connectivity index (χ3v) is 4.51. The molecular weight excluding hydrogens is 230 g/mol. The van der Waals surface area contributed by atoms with Crippen molar-refractivity contribution >= 4 is 17.3 Å². The average molecular weight is 247 g/mol. The van der Waals surface area contributed by atoms with Gasteiger partial charge in [0.2, 0.25) is 5.95 Å². The van der Waals surface area contributed by atoms with Gasteiger partial charge < -0.3 is 9.88 Å². The lowest BCUT2D eigenvalue weighted by Crippen LogP contribution is -2.05. The second kappa shape index (κ2) is 4.53. The fourth-order valence-electron chi connectivity index (χ4n) is 2.38. The molecule has 1 aliphatic carbocycles. The Bertz CT molecular complexity index is 491. The summed E-state index contributed by atoms with van der Waals surface area (Å²) >= 11 is 1.96. The molecule has 0 spiro atoms. The summed E-state index contributed by atoms with van der Waals surface area (Å²) in [4.78, 5) is 7.35. The molecule has 17 heavy (non-hydrogen) atoms. The van der Waals surface area contributed by atoms with Crippen molar-refractivity contribution in [1.82, 2.24) is 9.55 Å². The van der Waals surface area contributed by atoms with Crippen LogP contribution in [0.1, 0.15) is 28.7 Å². The first kappa shape index (κ1) is 10.8. The molecule has 0 bridgehead atoms. The molecule has 0 unspecified atom stereocenters. The van der Waals surface area contributed by atoms with Crippen LogP contribution in [0.25, 0.3) is 0 Å². The van der Waals surface area contributed by atoms with Crippen LogP contribution < -0.4 is 5.32 Å². The fourth-order valence-corrected chi connectivity index (χ4v) is 3.58. The van der Waals surface area contributed by atoms with Gasteiger partial charge in [-0.05, 0) is 37.8 Å². The second-order valence-electron chi connectivity index (χ2n) is 4.41. The fraction of sp³-hybridized carbons (Fsp3) is 0.462. The Morgan fingerprint density at radius 1 is 1.47 bits per heavy atom. The van der Waals surface area contributed by atoms with Crippen molar-refractivity contribution in [2.75, 3.05) is 5.32 Å². The summed E-state index contributed by atoms with van der Waals surface area (Å²) in [5.74, 6) is 0.973. The molecule has 2 heterocycles. The van der Waals surface area contributed by atoms with Crippen molar-refractivity contribution < 1.29 is 0 Å². The van der Waals surface area contributed by atoms with E-state index in [1.807, 2.05) is 23.7 Å². The first-order chi connectivity index (χ1) is 8.36. The van der Waals surface area contributed by atoms with Gasteiger partial charge in [0.05, 0.1) is 6.54 Å². The summed E-state index contributed by atoms with van der Waals surface area (Å²) < 4.78 is 2.13. The first-order valence-corrected chi connectivity index (χ1v) is 7.04. The largest absolute Gasteiger partial charge is 0.351 e. The number of anilines is 1. The van der Waals surface area contributed by atoms with Crippen LogP contribution in [0.3, 0.4) is 0 Å². The third kappa shape index (κ3) is 2.09. The third-order valence-electron chi connectivity index (χ3n) is 3.27. The molecule has 0 aromatic carbocycles. The zero-order valence-corrected chi connectivity index (χ0v) is 10.9. The van der Waals surface area contributed by atoms with Gasteiger partial charge >= 0.3 is 0 Å². The lowest BCUT2D eigenvalue weighted by atomic mass is 10.2. The number of nitrogens with zero attached hydrogens (tertiary/aromatic N) is 2. The Kier molecular flexibility index (Phi) is 2.89. The van der Waals surface area contributed by atoms with E-state index in [2.05, 4.69) is 27.9 Å². The van der Waals surface area contributed by atoms with Crippen molar-refractivity contribution in [3.63, 3.8) is 0 Å². The maximum atomic E-state index is 4.32. The van der Waals surface area contributed by atoms with Crippen LogP contribution in [0.5, 0.6) is 0 Å². The minimum atomic E-state index is 0.898. The minimum absolute atomic E-state index is 0.898. The van der Waals surface area contributed by atoms with E-state index in [9.17, 15) is 0 Å². The van der Waals surface area contributed by atoms with Gasteiger partial charge in [-0.1, -0.05) is 0 Å². The lowest BCUT2D eigenvalue weighted by Gasteiger charge is -2.06. The zero-order chi connectivity index (χ0) is 11.7. The highest BCUT2D eigenvalue weighted by atomic mass is 32.1. The van der Waals surface area contributed by atoms with E-state index in [1.54, 1.807) is 10.4 Å². The highest BCUT2D eigenvalue weighted by Gasteiger charge is 2.14. The summed E-state index contributed by atoms with van der Waals surface area (Å²) in [7, 11) is 0. The monoisotopic (exact) mass is 247 g/mol. The summed E-state index contributed by atoms with van der Waals surface area (Å²) in [5, 5.41) is 3.41. The van der Waals surface area contributed by atoms with Crippen LogP contribution in [0.4, 0.5) is 5.95 Å². The first-order valence-electron chi connectivity index (χ1n) is 6.22. The Morgan fingerprint density at radius 3 is 3.24 bits per heavy atom. The van der Waals surface area contributed by atoms with Gasteiger partial charge in [0.1, 0.15) is 0 Å². The molecule has 0 amide bonds. The second-order valence-corrected chi connectivity index (χ2v) is 5.63. The van der Waals surface area contributed by atoms with E-state index in [1.165, 1.54) is 24.1 Å². The predicted molar refractivity (Wildman–Crippen MR) is 71.6 cm³/mol. The summed E-state index contributed by atoms with van der Waals surface area (Å²) in [6.07, 6.45) is 7.76. The Labute approximate surface area is 106 Å². The molecule has 1 N–H and O–H groups in total. The van der Waals surface area contributed by atoms with Gasteiger partial charge in [-0.2, -0.15) is 0 Å². The molecule has 0 aliphatic heterocycles. The predicted octanol–water partition coefficient (Wildman–Crippen LogP) is 3.07. The van der Waals surface area contributed by atoms with Crippen molar-refractivity contribution in [1.29, 1.82) is 0 Å². The molecule has 2 aromatic rings. The van der Waals surface area contributed by atoms with Gasteiger partial charge in [0, 0.05) is 28.7 Å². The van der Waals surface area contributed by atoms with Gasteiger partial charge in [-0.25, -0.2) is 4.98 Å². The van der Waals surface area contributed by atoms with Crippen LogP contribution in [0.2, 0.25) is 0 Å². The molecular formula is C13H17N3S. The Hall–Kier alpha value is -1.29.